The van der Waals surface area contributed by atoms with Gasteiger partial charge in [0.2, 0.25) is 5.89 Å². The molecule has 0 aliphatic heterocycles. The Hall–Kier alpha value is -0.810. The van der Waals surface area contributed by atoms with Crippen molar-refractivity contribution in [1.29, 1.82) is 0 Å². The Morgan fingerprint density at radius 1 is 1.53 bits per heavy atom. The molecule has 0 saturated carbocycles. The molecule has 0 aliphatic rings. The van der Waals surface area contributed by atoms with Crippen LogP contribution >= 0.6 is 11.8 Å². The molecule has 0 aromatic carbocycles. The first kappa shape index (κ1) is 12.3. The van der Waals surface area contributed by atoms with E-state index in [9.17, 15) is 0 Å². The van der Waals surface area contributed by atoms with E-state index in [0.717, 1.165) is 11.3 Å². The van der Waals surface area contributed by atoms with Crippen molar-refractivity contribution in [3.05, 3.63) is 18.0 Å². The molecule has 0 spiro atoms. The molecular weight excluding hydrogens is 210 g/mol. The van der Waals surface area contributed by atoms with Crippen LogP contribution in [0.3, 0.4) is 0 Å². The number of thioether (sulfide) groups is 1. The van der Waals surface area contributed by atoms with Crippen molar-refractivity contribution in [3.8, 4) is 0 Å². The van der Waals surface area contributed by atoms with Crippen LogP contribution in [0.2, 0.25) is 0 Å². The average Bonchev–Trinajstić information content (AvgIpc) is 2.61. The summed E-state index contributed by atoms with van der Waals surface area (Å²) in [6.07, 6.45) is 0. The van der Waals surface area contributed by atoms with Gasteiger partial charge in [-0.3, -0.25) is 0 Å². The molecule has 15 heavy (non-hydrogen) atoms. The zero-order valence-corrected chi connectivity index (χ0v) is 10.2. The predicted molar refractivity (Wildman–Crippen MR) is 61.6 cm³/mol. The summed E-state index contributed by atoms with van der Waals surface area (Å²) in [6, 6.07) is -0.184. The second-order valence-electron chi connectivity index (χ2n) is 3.92. The number of aromatic nitrogens is 2. The monoisotopic (exact) mass is 227 g/mol. The van der Waals surface area contributed by atoms with E-state index in [0.29, 0.717) is 17.0 Å². The van der Waals surface area contributed by atoms with Gasteiger partial charge >= 0.3 is 0 Å². The Morgan fingerprint density at radius 2 is 2.20 bits per heavy atom. The molecule has 1 rings (SSSR count). The molecule has 1 unspecified atom stereocenters. The highest BCUT2D eigenvalue weighted by Gasteiger charge is 2.17. The van der Waals surface area contributed by atoms with Gasteiger partial charge in [-0.05, 0) is 12.8 Å². The van der Waals surface area contributed by atoms with Crippen molar-refractivity contribution in [2.24, 2.45) is 11.7 Å². The Balaban J connectivity index is 2.60. The molecule has 0 amide bonds. The third-order valence-corrected chi connectivity index (χ3v) is 2.92. The van der Waals surface area contributed by atoms with Crippen molar-refractivity contribution in [3.63, 3.8) is 0 Å². The molecule has 4 nitrogen and oxygen atoms in total. The van der Waals surface area contributed by atoms with Gasteiger partial charge in [0.1, 0.15) is 0 Å². The van der Waals surface area contributed by atoms with E-state index >= 15 is 0 Å². The number of hydrogen-bond acceptors (Lipinski definition) is 5. The minimum Gasteiger partial charge on any atom is -0.414 e. The van der Waals surface area contributed by atoms with Gasteiger partial charge in [-0.1, -0.05) is 37.8 Å². The Kier molecular flexibility index (Phi) is 4.35. The molecule has 0 saturated heterocycles. The molecule has 1 aromatic rings. The quantitative estimate of drug-likeness (QED) is 0.618. The van der Waals surface area contributed by atoms with E-state index in [-0.39, 0.29) is 6.04 Å². The molecular formula is C10H17N3OS. The van der Waals surface area contributed by atoms with Crippen LogP contribution in [0.25, 0.3) is 0 Å². The lowest BCUT2D eigenvalue weighted by molar-refractivity contribution is 0.349. The smallest absolute Gasteiger partial charge is 0.276 e. The van der Waals surface area contributed by atoms with E-state index in [2.05, 4.69) is 16.8 Å². The minimum absolute atomic E-state index is 0.184. The lowest BCUT2D eigenvalue weighted by Gasteiger charge is -2.09. The number of nitrogens with zero attached hydrogens (tertiary/aromatic N) is 2. The van der Waals surface area contributed by atoms with Crippen LogP contribution in [-0.2, 0) is 0 Å². The summed E-state index contributed by atoms with van der Waals surface area (Å²) in [5, 5.41) is 8.40. The van der Waals surface area contributed by atoms with Crippen molar-refractivity contribution in [2.75, 3.05) is 5.75 Å². The van der Waals surface area contributed by atoms with E-state index in [1.54, 1.807) is 0 Å². The first-order valence-electron chi connectivity index (χ1n) is 4.87. The third-order valence-electron chi connectivity index (χ3n) is 1.87. The summed E-state index contributed by atoms with van der Waals surface area (Å²) in [5.41, 5.74) is 6.96. The van der Waals surface area contributed by atoms with Crippen molar-refractivity contribution in [2.45, 2.75) is 32.0 Å². The minimum atomic E-state index is -0.184. The van der Waals surface area contributed by atoms with Gasteiger partial charge in [-0.15, -0.1) is 10.2 Å². The summed E-state index contributed by atoms with van der Waals surface area (Å²) in [4.78, 5) is 0. The largest absolute Gasteiger partial charge is 0.414 e. The van der Waals surface area contributed by atoms with Gasteiger partial charge in [0.15, 0.2) is 0 Å². The summed E-state index contributed by atoms with van der Waals surface area (Å²) >= 11 is 1.48. The summed E-state index contributed by atoms with van der Waals surface area (Å²) in [5.74, 6) is 1.59. The lowest BCUT2D eigenvalue weighted by Crippen LogP contribution is -2.16. The Morgan fingerprint density at radius 3 is 2.73 bits per heavy atom. The van der Waals surface area contributed by atoms with E-state index in [1.807, 2.05) is 20.8 Å². The predicted octanol–water partition coefficient (Wildman–Crippen LogP) is 2.39. The van der Waals surface area contributed by atoms with Crippen molar-refractivity contribution in [1.82, 2.24) is 10.2 Å². The highest BCUT2D eigenvalue weighted by molar-refractivity contribution is 7.99. The average molecular weight is 227 g/mol. The van der Waals surface area contributed by atoms with Crippen LogP contribution in [0.4, 0.5) is 0 Å². The highest BCUT2D eigenvalue weighted by atomic mass is 32.2. The number of nitrogens with two attached hydrogens (primary N) is 1. The summed E-state index contributed by atoms with van der Waals surface area (Å²) in [7, 11) is 0. The van der Waals surface area contributed by atoms with Crippen molar-refractivity contribution < 1.29 is 4.42 Å². The molecule has 0 aliphatic carbocycles. The number of hydrogen-bond donors (Lipinski definition) is 1. The maximum Gasteiger partial charge on any atom is 0.276 e. The first-order chi connectivity index (χ1) is 7.00. The van der Waals surface area contributed by atoms with Gasteiger partial charge < -0.3 is 10.2 Å². The summed E-state index contributed by atoms with van der Waals surface area (Å²) in [6.45, 7) is 9.81. The highest BCUT2D eigenvalue weighted by Crippen LogP contribution is 2.23. The fourth-order valence-corrected chi connectivity index (χ4v) is 1.50. The van der Waals surface area contributed by atoms with E-state index < -0.39 is 0 Å². The second kappa shape index (κ2) is 5.32. The van der Waals surface area contributed by atoms with Crippen LogP contribution in [-0.4, -0.2) is 16.0 Å². The van der Waals surface area contributed by atoms with Crippen LogP contribution in [0.1, 0.15) is 32.7 Å². The molecule has 5 heteroatoms. The zero-order chi connectivity index (χ0) is 11.4. The fraction of sp³-hybridized carbons (Fsp3) is 0.600. The van der Waals surface area contributed by atoms with Gasteiger partial charge in [-0.2, -0.15) is 0 Å². The Labute approximate surface area is 94.3 Å². The third kappa shape index (κ3) is 3.68. The van der Waals surface area contributed by atoms with E-state index in [4.69, 9.17) is 10.2 Å². The molecule has 2 N–H and O–H groups in total. The first-order valence-corrected chi connectivity index (χ1v) is 5.85. The SMILES string of the molecule is C=C(C)CSc1nnc(C(N)C(C)C)o1. The molecule has 84 valence electrons. The number of rotatable bonds is 5. The van der Waals surface area contributed by atoms with Crippen molar-refractivity contribution >= 4 is 11.8 Å². The van der Waals surface area contributed by atoms with Gasteiger partial charge in [0.05, 0.1) is 6.04 Å². The van der Waals surface area contributed by atoms with Crippen LogP contribution < -0.4 is 5.73 Å². The molecule has 0 radical (unpaired) electrons. The van der Waals surface area contributed by atoms with Gasteiger partial charge in [0.25, 0.3) is 5.22 Å². The van der Waals surface area contributed by atoms with E-state index in [1.165, 1.54) is 11.8 Å². The molecule has 1 atom stereocenters. The topological polar surface area (TPSA) is 64.9 Å². The summed E-state index contributed by atoms with van der Waals surface area (Å²) < 4.78 is 5.43. The second-order valence-corrected chi connectivity index (χ2v) is 4.85. The van der Waals surface area contributed by atoms with Gasteiger partial charge in [0, 0.05) is 5.75 Å². The standard InChI is InChI=1S/C10H17N3OS/c1-6(2)5-15-10-13-12-9(14-10)8(11)7(3)4/h7-8H,1,5,11H2,2-4H3. The maximum atomic E-state index is 5.88. The normalized spacial score (nSPS) is 13.1. The lowest BCUT2D eigenvalue weighted by atomic mass is 10.1. The van der Waals surface area contributed by atoms with Crippen LogP contribution in [0, 0.1) is 5.92 Å². The molecule has 0 fully saturated rings. The van der Waals surface area contributed by atoms with Crippen LogP contribution in [0.15, 0.2) is 21.8 Å². The molecule has 0 bridgehead atoms. The van der Waals surface area contributed by atoms with Gasteiger partial charge in [-0.25, -0.2) is 0 Å². The molecule has 1 aromatic heterocycles. The molecule has 1 heterocycles. The maximum absolute atomic E-state index is 5.88. The van der Waals surface area contributed by atoms with Crippen LogP contribution in [0.5, 0.6) is 0 Å². The Bertz CT molecular complexity index is 335. The zero-order valence-electron chi connectivity index (χ0n) is 9.36. The fourth-order valence-electron chi connectivity index (χ4n) is 0.884.